The Kier molecular flexibility index (Phi) is 3.54. The molecule has 18 heavy (non-hydrogen) atoms. The number of imidazole rings is 1. The van der Waals surface area contributed by atoms with Gasteiger partial charge in [-0.25, -0.2) is 4.98 Å². The molecule has 1 unspecified atom stereocenters. The van der Waals surface area contributed by atoms with E-state index in [-0.39, 0.29) is 11.5 Å². The molecule has 0 amide bonds. The van der Waals surface area contributed by atoms with Crippen molar-refractivity contribution in [2.24, 2.45) is 5.41 Å². The molecule has 0 bridgehead atoms. The van der Waals surface area contributed by atoms with E-state index >= 15 is 0 Å². The number of aromatic nitrogens is 2. The third kappa shape index (κ3) is 2.97. The van der Waals surface area contributed by atoms with Gasteiger partial charge in [0.25, 0.3) is 0 Å². The topological polar surface area (TPSA) is 74.9 Å². The highest BCUT2D eigenvalue weighted by Crippen LogP contribution is 2.26. The average molecular weight is 265 g/mol. The molecule has 1 aromatic carbocycles. The molecule has 4 N–H and O–H groups in total. The maximum atomic E-state index is 9.98. The Morgan fingerprint density at radius 1 is 1.44 bits per heavy atom. The number of aliphatic hydroxyl groups is 1. The van der Waals surface area contributed by atoms with Gasteiger partial charge in [-0.2, -0.15) is 0 Å². The van der Waals surface area contributed by atoms with Gasteiger partial charge < -0.3 is 15.8 Å². The van der Waals surface area contributed by atoms with Crippen LogP contribution in [0.4, 0.5) is 5.69 Å². The molecule has 0 saturated heterocycles. The summed E-state index contributed by atoms with van der Waals surface area (Å²) in [6.07, 6.45) is -0.360. The Morgan fingerprint density at radius 3 is 2.83 bits per heavy atom. The Bertz CT molecular complexity index is 545. The fourth-order valence-electron chi connectivity index (χ4n) is 1.48. The van der Waals surface area contributed by atoms with Crippen molar-refractivity contribution in [3.63, 3.8) is 0 Å². The molecule has 0 spiro atoms. The van der Waals surface area contributed by atoms with Crippen LogP contribution in [0.15, 0.2) is 23.4 Å². The molecule has 0 fully saturated rings. The second-order valence-electron chi connectivity index (χ2n) is 5.51. The van der Waals surface area contributed by atoms with Crippen LogP contribution >= 0.6 is 11.8 Å². The fourth-order valence-corrected chi connectivity index (χ4v) is 2.64. The molecule has 0 radical (unpaired) electrons. The predicted octanol–water partition coefficient (Wildman–Crippen LogP) is 2.64. The van der Waals surface area contributed by atoms with Crippen molar-refractivity contribution >= 4 is 28.5 Å². The second kappa shape index (κ2) is 4.82. The normalized spacial score (nSPS) is 14.0. The lowest BCUT2D eigenvalue weighted by Gasteiger charge is -2.24. The van der Waals surface area contributed by atoms with Gasteiger partial charge in [-0.05, 0) is 23.6 Å². The number of aliphatic hydroxyl groups excluding tert-OH is 1. The van der Waals surface area contributed by atoms with Crippen molar-refractivity contribution in [1.82, 2.24) is 9.97 Å². The first-order chi connectivity index (χ1) is 8.36. The Morgan fingerprint density at radius 2 is 2.17 bits per heavy atom. The number of nitrogens with two attached hydrogens (primary N) is 1. The first kappa shape index (κ1) is 13.2. The van der Waals surface area contributed by atoms with Gasteiger partial charge in [0.05, 0.1) is 17.1 Å². The van der Waals surface area contributed by atoms with Gasteiger partial charge in [-0.15, -0.1) is 0 Å². The molecular formula is C13H19N3OS. The molecule has 0 aliphatic carbocycles. The highest BCUT2D eigenvalue weighted by Gasteiger charge is 2.22. The number of hydrogen-bond acceptors (Lipinski definition) is 4. The number of aromatic amines is 1. The van der Waals surface area contributed by atoms with Crippen LogP contribution < -0.4 is 5.73 Å². The Labute approximate surface area is 111 Å². The number of hydrogen-bond donors (Lipinski definition) is 3. The average Bonchev–Trinajstić information content (AvgIpc) is 2.66. The van der Waals surface area contributed by atoms with Crippen molar-refractivity contribution in [2.45, 2.75) is 32.0 Å². The highest BCUT2D eigenvalue weighted by molar-refractivity contribution is 7.99. The van der Waals surface area contributed by atoms with Gasteiger partial charge in [0.15, 0.2) is 5.16 Å². The molecule has 2 rings (SSSR count). The molecule has 2 aromatic rings. The van der Waals surface area contributed by atoms with Crippen LogP contribution in [0.25, 0.3) is 11.0 Å². The van der Waals surface area contributed by atoms with Crippen LogP contribution in [0.2, 0.25) is 0 Å². The van der Waals surface area contributed by atoms with Crippen LogP contribution in [-0.2, 0) is 0 Å². The van der Waals surface area contributed by atoms with Crippen LogP contribution in [0.3, 0.4) is 0 Å². The van der Waals surface area contributed by atoms with E-state index in [1.54, 1.807) is 0 Å². The summed E-state index contributed by atoms with van der Waals surface area (Å²) in [5.74, 6) is 0.624. The molecular weight excluding hydrogens is 246 g/mol. The van der Waals surface area contributed by atoms with Crippen molar-refractivity contribution < 1.29 is 5.11 Å². The number of rotatable bonds is 3. The van der Waals surface area contributed by atoms with E-state index in [0.717, 1.165) is 21.9 Å². The maximum Gasteiger partial charge on any atom is 0.166 e. The first-order valence-electron chi connectivity index (χ1n) is 5.92. The van der Waals surface area contributed by atoms with E-state index in [2.05, 4.69) is 9.97 Å². The van der Waals surface area contributed by atoms with E-state index in [4.69, 9.17) is 5.73 Å². The SMILES string of the molecule is CC(C)(C)C(O)CSc1nc2ccc(N)cc2[nH]1. The lowest BCUT2D eigenvalue weighted by Crippen LogP contribution is -2.28. The molecule has 4 nitrogen and oxygen atoms in total. The second-order valence-corrected chi connectivity index (χ2v) is 6.52. The number of nitrogens with zero attached hydrogens (tertiary/aromatic N) is 1. The van der Waals surface area contributed by atoms with Gasteiger partial charge in [-0.3, -0.25) is 0 Å². The zero-order valence-electron chi connectivity index (χ0n) is 10.9. The highest BCUT2D eigenvalue weighted by atomic mass is 32.2. The van der Waals surface area contributed by atoms with Crippen LogP contribution in [-0.4, -0.2) is 26.9 Å². The van der Waals surface area contributed by atoms with Crippen LogP contribution in [0.5, 0.6) is 0 Å². The molecule has 0 aliphatic heterocycles. The smallest absolute Gasteiger partial charge is 0.166 e. The van der Waals surface area contributed by atoms with E-state index in [0.29, 0.717) is 5.75 Å². The van der Waals surface area contributed by atoms with Gasteiger partial charge in [0.2, 0.25) is 0 Å². The zero-order chi connectivity index (χ0) is 13.3. The minimum atomic E-state index is -0.360. The molecule has 1 heterocycles. The molecule has 1 atom stereocenters. The van der Waals surface area contributed by atoms with E-state index in [1.807, 2.05) is 39.0 Å². The molecule has 98 valence electrons. The largest absolute Gasteiger partial charge is 0.399 e. The number of thioether (sulfide) groups is 1. The van der Waals surface area contributed by atoms with Gasteiger partial charge in [-0.1, -0.05) is 32.5 Å². The maximum absolute atomic E-state index is 9.98. The Balaban J connectivity index is 2.09. The summed E-state index contributed by atoms with van der Waals surface area (Å²) >= 11 is 1.53. The zero-order valence-corrected chi connectivity index (χ0v) is 11.7. The summed E-state index contributed by atoms with van der Waals surface area (Å²) in [5.41, 5.74) is 8.16. The van der Waals surface area contributed by atoms with E-state index < -0.39 is 0 Å². The molecule has 0 saturated carbocycles. The molecule has 0 aliphatic rings. The number of anilines is 1. The fraction of sp³-hybridized carbons (Fsp3) is 0.462. The summed E-state index contributed by atoms with van der Waals surface area (Å²) < 4.78 is 0. The Hall–Kier alpha value is -1.20. The number of nitrogens with one attached hydrogen (secondary N) is 1. The van der Waals surface area contributed by atoms with Gasteiger partial charge in [0, 0.05) is 11.4 Å². The number of benzene rings is 1. The molecule has 1 aromatic heterocycles. The number of fused-ring (bicyclic) bond motifs is 1. The van der Waals surface area contributed by atoms with Gasteiger partial charge in [0.1, 0.15) is 0 Å². The van der Waals surface area contributed by atoms with Crippen molar-refractivity contribution in [3.8, 4) is 0 Å². The third-order valence-corrected chi connectivity index (χ3v) is 3.81. The van der Waals surface area contributed by atoms with Crippen molar-refractivity contribution in [2.75, 3.05) is 11.5 Å². The lowest BCUT2D eigenvalue weighted by molar-refractivity contribution is 0.0842. The monoisotopic (exact) mass is 265 g/mol. The molecule has 5 heteroatoms. The number of H-pyrrole nitrogens is 1. The van der Waals surface area contributed by atoms with E-state index in [1.165, 1.54) is 11.8 Å². The summed E-state index contributed by atoms with van der Waals surface area (Å²) in [4.78, 5) is 7.65. The van der Waals surface area contributed by atoms with E-state index in [9.17, 15) is 5.11 Å². The van der Waals surface area contributed by atoms with Crippen molar-refractivity contribution in [1.29, 1.82) is 0 Å². The summed E-state index contributed by atoms with van der Waals surface area (Å²) in [6.45, 7) is 6.08. The summed E-state index contributed by atoms with van der Waals surface area (Å²) in [5, 5.41) is 10.8. The lowest BCUT2D eigenvalue weighted by atomic mass is 9.90. The summed E-state index contributed by atoms with van der Waals surface area (Å²) in [7, 11) is 0. The minimum Gasteiger partial charge on any atom is -0.399 e. The third-order valence-electron chi connectivity index (χ3n) is 2.86. The van der Waals surface area contributed by atoms with Crippen molar-refractivity contribution in [3.05, 3.63) is 18.2 Å². The summed E-state index contributed by atoms with van der Waals surface area (Å²) in [6, 6.07) is 5.60. The first-order valence-corrected chi connectivity index (χ1v) is 6.91. The predicted molar refractivity (Wildman–Crippen MR) is 76.7 cm³/mol. The minimum absolute atomic E-state index is 0.108. The van der Waals surface area contributed by atoms with Crippen LogP contribution in [0.1, 0.15) is 20.8 Å². The standard InChI is InChI=1S/C13H19N3OS/c1-13(2,3)11(17)7-18-12-15-9-5-4-8(14)6-10(9)16-12/h4-6,11,17H,7,14H2,1-3H3,(H,15,16). The van der Waals surface area contributed by atoms with Gasteiger partial charge >= 0.3 is 0 Å². The number of nitrogen functional groups attached to an aromatic ring is 1. The quantitative estimate of drug-likeness (QED) is 0.589. The van der Waals surface area contributed by atoms with Crippen LogP contribution in [0, 0.1) is 5.41 Å².